The molecule has 0 aliphatic rings. The molecule has 0 radical (unpaired) electrons. The maximum absolute atomic E-state index is 11.2. The quantitative estimate of drug-likeness (QED) is 0.847. The summed E-state index contributed by atoms with van der Waals surface area (Å²) in [6.45, 7) is 0. The first-order valence-electron chi connectivity index (χ1n) is 4.85. The monoisotopic (exact) mass is 287 g/mol. The molecule has 0 unspecified atom stereocenters. The van der Waals surface area contributed by atoms with Gasteiger partial charge in [-0.1, -0.05) is 11.6 Å². The van der Waals surface area contributed by atoms with E-state index in [1.807, 2.05) is 0 Å². The van der Waals surface area contributed by atoms with Crippen molar-refractivity contribution in [2.24, 2.45) is 7.05 Å². The molecule has 96 valence electrons. The zero-order chi connectivity index (χ0) is 13.3. The lowest BCUT2D eigenvalue weighted by Gasteiger charge is -2.05. The average Bonchev–Trinajstić information content (AvgIpc) is 2.61. The van der Waals surface area contributed by atoms with Crippen molar-refractivity contribution in [3.05, 3.63) is 23.5 Å². The summed E-state index contributed by atoms with van der Waals surface area (Å²) in [5, 5.41) is 8.15. The van der Waals surface area contributed by atoms with Gasteiger partial charge in [-0.15, -0.1) is 0 Å². The van der Waals surface area contributed by atoms with Gasteiger partial charge >= 0.3 is 0 Å². The van der Waals surface area contributed by atoms with Crippen molar-refractivity contribution in [2.75, 3.05) is 11.0 Å². The molecule has 7 nitrogen and oxygen atoms in total. The van der Waals surface area contributed by atoms with E-state index >= 15 is 0 Å². The predicted molar refractivity (Wildman–Crippen MR) is 67.7 cm³/mol. The third-order valence-corrected chi connectivity index (χ3v) is 2.76. The van der Waals surface area contributed by atoms with Crippen molar-refractivity contribution < 1.29 is 8.42 Å². The molecule has 1 N–H and O–H groups in total. The van der Waals surface area contributed by atoms with E-state index in [0.717, 1.165) is 6.26 Å². The number of aryl methyl sites for hydroxylation is 1. The van der Waals surface area contributed by atoms with Crippen LogP contribution >= 0.6 is 11.6 Å². The summed E-state index contributed by atoms with van der Waals surface area (Å²) in [5.74, 6) is 0. The van der Waals surface area contributed by atoms with Crippen molar-refractivity contribution in [2.45, 2.75) is 0 Å². The number of halogens is 1. The smallest absolute Gasteiger partial charge is 0.229 e. The second kappa shape index (κ2) is 4.54. The summed E-state index contributed by atoms with van der Waals surface area (Å²) in [5.41, 5.74) is 1.29. The van der Waals surface area contributed by atoms with E-state index in [1.54, 1.807) is 7.05 Å². The highest BCUT2D eigenvalue weighted by molar-refractivity contribution is 7.92. The Labute approximate surface area is 109 Å². The topological polar surface area (TPSA) is 89.8 Å². The van der Waals surface area contributed by atoms with Gasteiger partial charge < -0.3 is 0 Å². The maximum atomic E-state index is 11.2. The fraction of sp³-hybridized carbons (Fsp3) is 0.222. The Balaban J connectivity index is 2.44. The maximum Gasteiger partial charge on any atom is 0.229 e. The molecule has 0 atom stereocenters. The van der Waals surface area contributed by atoms with Gasteiger partial charge in [-0.2, -0.15) is 15.0 Å². The van der Waals surface area contributed by atoms with Gasteiger partial charge in [0.2, 0.25) is 10.0 Å². The first-order chi connectivity index (χ1) is 8.33. The predicted octanol–water partition coefficient (Wildman–Crippen LogP) is 0.902. The van der Waals surface area contributed by atoms with Gasteiger partial charge in [0, 0.05) is 7.05 Å². The molecule has 0 aliphatic carbocycles. The zero-order valence-corrected chi connectivity index (χ0v) is 11.2. The molecule has 2 rings (SSSR count). The highest BCUT2D eigenvalue weighted by Gasteiger charge is 2.09. The summed E-state index contributed by atoms with van der Waals surface area (Å²) in [7, 11) is -1.69. The highest BCUT2D eigenvalue weighted by Crippen LogP contribution is 2.22. The van der Waals surface area contributed by atoms with Crippen LogP contribution in [0.4, 0.5) is 5.69 Å². The summed E-state index contributed by atoms with van der Waals surface area (Å²) in [6.07, 6.45) is 2.58. The van der Waals surface area contributed by atoms with Gasteiger partial charge in [-0.05, 0) is 12.1 Å². The van der Waals surface area contributed by atoms with E-state index in [1.165, 1.54) is 23.1 Å². The molecule has 0 aliphatic heterocycles. The van der Waals surface area contributed by atoms with Crippen LogP contribution in [-0.2, 0) is 17.1 Å². The molecule has 0 amide bonds. The number of nitrogens with zero attached hydrogens (tertiary/aromatic N) is 4. The van der Waals surface area contributed by atoms with Crippen LogP contribution < -0.4 is 4.72 Å². The molecule has 0 aromatic carbocycles. The summed E-state index contributed by atoms with van der Waals surface area (Å²) in [4.78, 5) is 5.44. The zero-order valence-electron chi connectivity index (χ0n) is 9.62. The van der Waals surface area contributed by atoms with E-state index in [0.29, 0.717) is 17.1 Å². The first-order valence-corrected chi connectivity index (χ1v) is 7.12. The van der Waals surface area contributed by atoms with Crippen LogP contribution in [0.2, 0.25) is 5.15 Å². The van der Waals surface area contributed by atoms with Crippen molar-refractivity contribution in [3.8, 4) is 11.4 Å². The lowest BCUT2D eigenvalue weighted by atomic mass is 10.3. The Kier molecular flexibility index (Phi) is 3.22. The van der Waals surface area contributed by atoms with E-state index in [2.05, 4.69) is 19.9 Å². The Bertz CT molecular complexity index is 682. The second-order valence-electron chi connectivity index (χ2n) is 3.66. The number of aromatic nitrogens is 4. The molecule has 0 saturated heterocycles. The van der Waals surface area contributed by atoms with Crippen LogP contribution in [0.1, 0.15) is 0 Å². The number of rotatable bonds is 3. The van der Waals surface area contributed by atoms with Crippen LogP contribution in [0.5, 0.6) is 0 Å². The number of pyridine rings is 1. The normalized spacial score (nSPS) is 11.5. The van der Waals surface area contributed by atoms with Crippen molar-refractivity contribution in [1.82, 2.24) is 20.0 Å². The lowest BCUT2D eigenvalue weighted by Crippen LogP contribution is -2.09. The Morgan fingerprint density at radius 1 is 1.33 bits per heavy atom. The molecule has 2 heterocycles. The van der Waals surface area contributed by atoms with Gasteiger partial charge in [-0.3, -0.25) is 4.72 Å². The van der Waals surface area contributed by atoms with Crippen LogP contribution in [0, 0.1) is 0 Å². The van der Waals surface area contributed by atoms with E-state index in [9.17, 15) is 8.42 Å². The molecule has 0 fully saturated rings. The molecular formula is C9H10ClN5O2S. The van der Waals surface area contributed by atoms with Gasteiger partial charge in [0.1, 0.15) is 10.8 Å². The Hall–Kier alpha value is -1.67. The fourth-order valence-corrected chi connectivity index (χ4v) is 2.12. The average molecular weight is 288 g/mol. The van der Waals surface area contributed by atoms with Crippen LogP contribution in [0.25, 0.3) is 11.4 Å². The number of anilines is 1. The summed E-state index contributed by atoms with van der Waals surface area (Å²) < 4.78 is 24.6. The molecule has 9 heteroatoms. The lowest BCUT2D eigenvalue weighted by molar-refractivity contribution is 0.607. The van der Waals surface area contributed by atoms with Crippen molar-refractivity contribution in [1.29, 1.82) is 0 Å². The highest BCUT2D eigenvalue weighted by atomic mass is 35.5. The minimum atomic E-state index is -3.37. The van der Waals surface area contributed by atoms with Crippen LogP contribution in [0.15, 0.2) is 18.3 Å². The third kappa shape index (κ3) is 3.17. The second-order valence-corrected chi connectivity index (χ2v) is 5.79. The number of hydrogen-bond acceptors (Lipinski definition) is 5. The van der Waals surface area contributed by atoms with Crippen molar-refractivity contribution in [3.63, 3.8) is 0 Å². The number of hydrogen-bond donors (Lipinski definition) is 1. The summed E-state index contributed by atoms with van der Waals surface area (Å²) >= 11 is 5.83. The third-order valence-electron chi connectivity index (χ3n) is 1.96. The minimum Gasteiger partial charge on any atom is -0.284 e. The number of sulfonamides is 1. The molecule has 18 heavy (non-hydrogen) atoms. The standard InChI is InChI=1S/C9H10ClN5O2S/c1-15-11-5-8(13-15)7-3-6(4-9(10)12-7)14-18(2,16)17/h3-5H,1-2H3,(H,12,14). The van der Waals surface area contributed by atoms with Gasteiger partial charge in [0.15, 0.2) is 0 Å². The number of nitrogens with one attached hydrogen (secondary N) is 1. The largest absolute Gasteiger partial charge is 0.284 e. The Morgan fingerprint density at radius 2 is 2.06 bits per heavy atom. The molecule has 2 aromatic heterocycles. The van der Waals surface area contributed by atoms with E-state index < -0.39 is 10.0 Å². The molecule has 0 saturated carbocycles. The fourth-order valence-electron chi connectivity index (χ4n) is 1.36. The Morgan fingerprint density at radius 3 is 2.61 bits per heavy atom. The molecule has 0 spiro atoms. The molecule has 2 aromatic rings. The van der Waals surface area contributed by atoms with E-state index in [4.69, 9.17) is 11.6 Å². The van der Waals surface area contributed by atoms with E-state index in [-0.39, 0.29) is 5.15 Å². The van der Waals surface area contributed by atoms with Crippen LogP contribution in [-0.4, -0.2) is 34.7 Å². The van der Waals surface area contributed by atoms with Gasteiger partial charge in [0.05, 0.1) is 23.8 Å². The SMILES string of the molecule is Cn1ncc(-c2cc(NS(C)(=O)=O)cc(Cl)n2)n1. The van der Waals surface area contributed by atoms with Gasteiger partial charge in [0.25, 0.3) is 0 Å². The van der Waals surface area contributed by atoms with Gasteiger partial charge in [-0.25, -0.2) is 13.4 Å². The van der Waals surface area contributed by atoms with Crippen molar-refractivity contribution >= 4 is 27.3 Å². The first kappa shape index (κ1) is 12.8. The molecular weight excluding hydrogens is 278 g/mol. The summed E-state index contributed by atoms with van der Waals surface area (Å²) in [6, 6.07) is 2.96. The minimum absolute atomic E-state index is 0.171. The molecule has 0 bridgehead atoms. The van der Waals surface area contributed by atoms with Crippen LogP contribution in [0.3, 0.4) is 0 Å².